The number of nitrogens with one attached hydrogen (secondary N) is 1. The quantitative estimate of drug-likeness (QED) is 0.707. The standard InChI is InChI=1S/C21H21ClN4O3/c1-29-19-5-3-2-4-18(19)24-21(28)25-10-8-15(9-11-25)26-13-23-17-7-6-14(22)12-16(17)20(26)27/h2-7,12-13,15H,8-11H2,1H3,(H,24,28). The Bertz CT molecular complexity index is 1110. The zero-order chi connectivity index (χ0) is 20.4. The van der Waals surface area contributed by atoms with Crippen molar-refractivity contribution in [3.05, 3.63) is 64.2 Å². The van der Waals surface area contributed by atoms with E-state index in [1.165, 1.54) is 0 Å². The van der Waals surface area contributed by atoms with Gasteiger partial charge in [-0.1, -0.05) is 23.7 Å². The zero-order valence-corrected chi connectivity index (χ0v) is 16.7. The summed E-state index contributed by atoms with van der Waals surface area (Å²) in [5.74, 6) is 0.614. The van der Waals surface area contributed by atoms with Crippen LogP contribution >= 0.6 is 11.6 Å². The highest BCUT2D eigenvalue weighted by atomic mass is 35.5. The average molecular weight is 413 g/mol. The fourth-order valence-electron chi connectivity index (χ4n) is 3.66. The molecule has 7 nitrogen and oxygen atoms in total. The Balaban J connectivity index is 1.45. The van der Waals surface area contributed by atoms with E-state index < -0.39 is 0 Å². The Morgan fingerprint density at radius 3 is 2.72 bits per heavy atom. The van der Waals surface area contributed by atoms with Crippen molar-refractivity contribution in [1.82, 2.24) is 14.5 Å². The van der Waals surface area contributed by atoms with Crippen LogP contribution < -0.4 is 15.6 Å². The summed E-state index contributed by atoms with van der Waals surface area (Å²) in [6, 6.07) is 12.2. The number of urea groups is 1. The van der Waals surface area contributed by atoms with Crippen molar-refractivity contribution in [2.75, 3.05) is 25.5 Å². The molecule has 0 spiro atoms. The summed E-state index contributed by atoms with van der Waals surface area (Å²) in [5.41, 5.74) is 1.16. The number of para-hydroxylation sites is 2. The van der Waals surface area contributed by atoms with Gasteiger partial charge in [-0.15, -0.1) is 0 Å². The number of amides is 2. The van der Waals surface area contributed by atoms with Gasteiger partial charge in [0, 0.05) is 24.2 Å². The number of benzene rings is 2. The Hall–Kier alpha value is -3.06. The highest BCUT2D eigenvalue weighted by Crippen LogP contribution is 2.26. The summed E-state index contributed by atoms with van der Waals surface area (Å²) in [7, 11) is 1.57. The second kappa shape index (κ2) is 8.13. The van der Waals surface area contributed by atoms with Crippen LogP contribution in [0.15, 0.2) is 53.6 Å². The first-order valence-corrected chi connectivity index (χ1v) is 9.80. The van der Waals surface area contributed by atoms with Gasteiger partial charge in [0.1, 0.15) is 5.75 Å². The molecule has 2 aromatic carbocycles. The predicted octanol–water partition coefficient (Wildman–Crippen LogP) is 3.93. The number of anilines is 1. The smallest absolute Gasteiger partial charge is 0.321 e. The van der Waals surface area contributed by atoms with Gasteiger partial charge >= 0.3 is 6.03 Å². The minimum atomic E-state index is -0.177. The number of hydrogen-bond acceptors (Lipinski definition) is 4. The fraction of sp³-hybridized carbons (Fsp3) is 0.286. The van der Waals surface area contributed by atoms with Crippen LogP contribution in [0.3, 0.4) is 0 Å². The second-order valence-electron chi connectivity index (χ2n) is 6.97. The van der Waals surface area contributed by atoms with E-state index in [0.717, 1.165) is 0 Å². The lowest BCUT2D eigenvalue weighted by atomic mass is 10.0. The SMILES string of the molecule is COc1ccccc1NC(=O)N1CCC(n2cnc3ccc(Cl)cc3c2=O)CC1. The van der Waals surface area contributed by atoms with Crippen LogP contribution in [0.1, 0.15) is 18.9 Å². The van der Waals surface area contributed by atoms with Gasteiger partial charge in [-0.3, -0.25) is 9.36 Å². The lowest BCUT2D eigenvalue weighted by Crippen LogP contribution is -2.42. The lowest BCUT2D eigenvalue weighted by Gasteiger charge is -2.32. The molecule has 0 bridgehead atoms. The molecule has 8 heteroatoms. The second-order valence-corrected chi connectivity index (χ2v) is 7.40. The zero-order valence-electron chi connectivity index (χ0n) is 16.0. The monoisotopic (exact) mass is 412 g/mol. The van der Waals surface area contributed by atoms with Gasteiger partial charge in [-0.25, -0.2) is 9.78 Å². The molecule has 1 fully saturated rings. The molecule has 0 unspecified atom stereocenters. The molecule has 1 aromatic heterocycles. The molecular weight excluding hydrogens is 392 g/mol. The third-order valence-electron chi connectivity index (χ3n) is 5.24. The van der Waals surface area contributed by atoms with Crippen LogP contribution in [0.2, 0.25) is 5.02 Å². The van der Waals surface area contributed by atoms with Crippen molar-refractivity contribution >= 4 is 34.2 Å². The number of ether oxygens (including phenoxy) is 1. The summed E-state index contributed by atoms with van der Waals surface area (Å²) in [4.78, 5) is 31.6. The van der Waals surface area contributed by atoms with E-state index in [1.54, 1.807) is 53.2 Å². The van der Waals surface area contributed by atoms with Crippen molar-refractivity contribution in [2.24, 2.45) is 0 Å². The maximum atomic E-state index is 12.9. The summed E-state index contributed by atoms with van der Waals surface area (Å²) in [6.07, 6.45) is 2.94. The largest absolute Gasteiger partial charge is 0.495 e. The first kappa shape index (κ1) is 19.3. The summed E-state index contributed by atoms with van der Waals surface area (Å²) in [5, 5.41) is 3.92. The van der Waals surface area contributed by atoms with Crippen LogP contribution in [0.4, 0.5) is 10.5 Å². The molecule has 2 amide bonds. The third kappa shape index (κ3) is 3.91. The van der Waals surface area contributed by atoms with Crippen LogP contribution in [0, 0.1) is 0 Å². The van der Waals surface area contributed by atoms with Gasteiger partial charge < -0.3 is 15.0 Å². The Labute approximate surface area is 172 Å². The van der Waals surface area contributed by atoms with Gasteiger partial charge in [0.15, 0.2) is 0 Å². The molecule has 2 heterocycles. The number of nitrogens with zero attached hydrogens (tertiary/aromatic N) is 3. The minimum absolute atomic E-state index is 0.00584. The molecule has 3 aromatic rings. The number of hydrogen-bond donors (Lipinski definition) is 1. The molecular formula is C21H21ClN4O3. The van der Waals surface area contributed by atoms with Crippen molar-refractivity contribution < 1.29 is 9.53 Å². The van der Waals surface area contributed by atoms with Gasteiger partial charge in [0.25, 0.3) is 5.56 Å². The number of methoxy groups -OCH3 is 1. The topological polar surface area (TPSA) is 76.5 Å². The highest BCUT2D eigenvalue weighted by Gasteiger charge is 2.25. The molecule has 0 atom stereocenters. The number of rotatable bonds is 3. The number of carbonyl (C=O) groups is 1. The maximum absolute atomic E-state index is 12.9. The van der Waals surface area contributed by atoms with E-state index >= 15 is 0 Å². The summed E-state index contributed by atoms with van der Waals surface area (Å²) < 4.78 is 6.94. The summed E-state index contributed by atoms with van der Waals surface area (Å²) >= 11 is 6.03. The molecule has 1 aliphatic rings. The van der Waals surface area contributed by atoms with Crippen molar-refractivity contribution in [1.29, 1.82) is 0 Å². The Morgan fingerprint density at radius 1 is 1.21 bits per heavy atom. The van der Waals surface area contributed by atoms with Crippen molar-refractivity contribution in [2.45, 2.75) is 18.9 Å². The van der Waals surface area contributed by atoms with E-state index in [2.05, 4.69) is 10.3 Å². The molecule has 1 aliphatic heterocycles. The predicted molar refractivity (Wildman–Crippen MR) is 113 cm³/mol. The molecule has 1 saturated heterocycles. The minimum Gasteiger partial charge on any atom is -0.495 e. The first-order valence-electron chi connectivity index (χ1n) is 9.42. The molecule has 0 aliphatic carbocycles. The van der Waals surface area contributed by atoms with E-state index in [1.807, 2.05) is 12.1 Å². The molecule has 0 saturated carbocycles. The third-order valence-corrected chi connectivity index (χ3v) is 5.47. The van der Waals surface area contributed by atoms with E-state index in [4.69, 9.17) is 16.3 Å². The van der Waals surface area contributed by atoms with Crippen molar-refractivity contribution in [3.8, 4) is 5.75 Å². The molecule has 0 radical (unpaired) electrons. The van der Waals surface area contributed by atoms with Crippen LogP contribution in [-0.2, 0) is 0 Å². The number of likely N-dealkylation sites (tertiary alicyclic amines) is 1. The summed E-state index contributed by atoms with van der Waals surface area (Å²) in [6.45, 7) is 1.09. The molecule has 1 N–H and O–H groups in total. The average Bonchev–Trinajstić information content (AvgIpc) is 2.75. The van der Waals surface area contributed by atoms with E-state index in [0.29, 0.717) is 53.3 Å². The van der Waals surface area contributed by atoms with Crippen LogP contribution in [0.5, 0.6) is 5.75 Å². The van der Waals surface area contributed by atoms with Gasteiger partial charge in [-0.05, 0) is 43.2 Å². The molecule has 150 valence electrons. The van der Waals surface area contributed by atoms with E-state index in [-0.39, 0.29) is 17.6 Å². The first-order chi connectivity index (χ1) is 14.1. The van der Waals surface area contributed by atoms with Crippen LogP contribution in [-0.4, -0.2) is 40.7 Å². The highest BCUT2D eigenvalue weighted by molar-refractivity contribution is 6.31. The van der Waals surface area contributed by atoms with Gasteiger partial charge in [-0.2, -0.15) is 0 Å². The number of piperidine rings is 1. The fourth-order valence-corrected chi connectivity index (χ4v) is 3.83. The lowest BCUT2D eigenvalue weighted by molar-refractivity contribution is 0.182. The number of carbonyl (C=O) groups excluding carboxylic acids is 1. The van der Waals surface area contributed by atoms with Crippen molar-refractivity contribution in [3.63, 3.8) is 0 Å². The Kier molecular flexibility index (Phi) is 5.40. The molecule has 4 rings (SSSR count). The van der Waals surface area contributed by atoms with Crippen LogP contribution in [0.25, 0.3) is 10.9 Å². The normalized spacial score (nSPS) is 14.8. The number of aromatic nitrogens is 2. The number of halogens is 1. The molecule has 29 heavy (non-hydrogen) atoms. The maximum Gasteiger partial charge on any atom is 0.321 e. The van der Waals surface area contributed by atoms with Gasteiger partial charge in [0.05, 0.1) is 30.0 Å². The van der Waals surface area contributed by atoms with E-state index in [9.17, 15) is 9.59 Å². The Morgan fingerprint density at radius 2 is 1.97 bits per heavy atom. The van der Waals surface area contributed by atoms with Gasteiger partial charge in [0.2, 0.25) is 0 Å². The number of fused-ring (bicyclic) bond motifs is 1.